The van der Waals surface area contributed by atoms with Crippen molar-refractivity contribution >= 4 is 11.7 Å². The molecule has 1 saturated heterocycles. The molecule has 0 aliphatic carbocycles. The molecule has 2 aromatic rings. The van der Waals surface area contributed by atoms with Crippen molar-refractivity contribution in [3.05, 3.63) is 47.7 Å². The maximum absolute atomic E-state index is 12.5. The summed E-state index contributed by atoms with van der Waals surface area (Å²) in [6.07, 6.45) is 6.88. The van der Waals surface area contributed by atoms with Crippen LogP contribution in [0.3, 0.4) is 0 Å². The molecular formula is C21H27N3O3. The molecule has 0 radical (unpaired) electrons. The van der Waals surface area contributed by atoms with Crippen LogP contribution in [0.15, 0.2) is 36.5 Å². The van der Waals surface area contributed by atoms with Crippen LogP contribution in [0.4, 0.5) is 5.82 Å². The van der Waals surface area contributed by atoms with E-state index in [1.54, 1.807) is 25.3 Å². The number of para-hydroxylation sites is 1. The predicted octanol–water partition coefficient (Wildman–Crippen LogP) is 3.41. The number of aromatic nitrogens is 1. The molecule has 0 atom stereocenters. The molecule has 0 spiro atoms. The number of nitrogens with zero attached hydrogens (tertiary/aromatic N) is 2. The van der Waals surface area contributed by atoms with E-state index in [2.05, 4.69) is 15.2 Å². The topological polar surface area (TPSA) is 63.7 Å². The van der Waals surface area contributed by atoms with Crippen LogP contribution in [0.2, 0.25) is 0 Å². The molecule has 3 rings (SSSR count). The van der Waals surface area contributed by atoms with E-state index in [0.717, 1.165) is 24.5 Å². The Morgan fingerprint density at radius 3 is 2.48 bits per heavy atom. The fourth-order valence-corrected chi connectivity index (χ4v) is 3.35. The van der Waals surface area contributed by atoms with E-state index in [9.17, 15) is 4.79 Å². The fraction of sp³-hybridized carbons (Fsp3) is 0.429. The highest BCUT2D eigenvalue weighted by molar-refractivity contribution is 5.97. The van der Waals surface area contributed by atoms with Crippen LogP contribution in [0.1, 0.15) is 41.6 Å². The smallest absolute Gasteiger partial charge is 0.255 e. The fourth-order valence-electron chi connectivity index (χ4n) is 3.35. The number of hydrogen-bond donors (Lipinski definition) is 1. The average molecular weight is 369 g/mol. The lowest BCUT2D eigenvalue weighted by Gasteiger charge is -2.21. The van der Waals surface area contributed by atoms with Gasteiger partial charge in [0, 0.05) is 25.8 Å². The SMILES string of the molecule is COc1cccc(C(=O)NCc2ccc(N3CCCCCC3)nc2)c1OC. The van der Waals surface area contributed by atoms with Crippen LogP contribution >= 0.6 is 0 Å². The third-order valence-corrected chi connectivity index (χ3v) is 4.84. The summed E-state index contributed by atoms with van der Waals surface area (Å²) in [5.41, 5.74) is 1.41. The molecular weight excluding hydrogens is 342 g/mol. The van der Waals surface area contributed by atoms with Crippen molar-refractivity contribution in [1.29, 1.82) is 0 Å². The number of benzene rings is 1. The van der Waals surface area contributed by atoms with Crippen molar-refractivity contribution in [3.63, 3.8) is 0 Å². The third-order valence-electron chi connectivity index (χ3n) is 4.84. The summed E-state index contributed by atoms with van der Waals surface area (Å²) >= 11 is 0. The lowest BCUT2D eigenvalue weighted by molar-refractivity contribution is 0.0947. The van der Waals surface area contributed by atoms with Crippen molar-refractivity contribution < 1.29 is 14.3 Å². The highest BCUT2D eigenvalue weighted by Gasteiger charge is 2.16. The molecule has 2 heterocycles. The molecule has 1 aromatic heterocycles. The van der Waals surface area contributed by atoms with Gasteiger partial charge in [-0.25, -0.2) is 4.98 Å². The molecule has 1 amide bonds. The van der Waals surface area contributed by atoms with Crippen LogP contribution in [-0.4, -0.2) is 38.2 Å². The molecule has 0 bridgehead atoms. The van der Waals surface area contributed by atoms with Gasteiger partial charge < -0.3 is 19.7 Å². The first-order valence-electron chi connectivity index (χ1n) is 9.42. The molecule has 27 heavy (non-hydrogen) atoms. The van der Waals surface area contributed by atoms with Gasteiger partial charge in [0.1, 0.15) is 5.82 Å². The first kappa shape index (κ1) is 19.0. The zero-order valence-electron chi connectivity index (χ0n) is 16.0. The van der Waals surface area contributed by atoms with E-state index in [4.69, 9.17) is 9.47 Å². The zero-order valence-corrected chi connectivity index (χ0v) is 16.0. The normalized spacial score (nSPS) is 14.4. The van der Waals surface area contributed by atoms with Crippen LogP contribution in [0.5, 0.6) is 11.5 Å². The molecule has 1 aliphatic rings. The lowest BCUT2D eigenvalue weighted by Crippen LogP contribution is -2.25. The van der Waals surface area contributed by atoms with Crippen LogP contribution in [0, 0.1) is 0 Å². The number of rotatable bonds is 6. The number of anilines is 1. The lowest BCUT2D eigenvalue weighted by atomic mass is 10.1. The highest BCUT2D eigenvalue weighted by Crippen LogP contribution is 2.30. The maximum atomic E-state index is 12.5. The summed E-state index contributed by atoms with van der Waals surface area (Å²) in [5.74, 6) is 1.78. The Morgan fingerprint density at radius 2 is 1.85 bits per heavy atom. The minimum atomic E-state index is -0.206. The molecule has 6 heteroatoms. The standard InChI is InChI=1S/C21H27N3O3/c1-26-18-9-7-8-17(20(18)27-2)21(25)23-15-16-10-11-19(22-14-16)24-12-5-3-4-6-13-24/h7-11,14H,3-6,12-13,15H2,1-2H3,(H,23,25). The van der Waals surface area contributed by atoms with Gasteiger partial charge in [-0.2, -0.15) is 0 Å². The van der Waals surface area contributed by atoms with Crippen LogP contribution < -0.4 is 19.7 Å². The van der Waals surface area contributed by atoms with E-state index >= 15 is 0 Å². The Hall–Kier alpha value is -2.76. The first-order chi connectivity index (χ1) is 13.2. The van der Waals surface area contributed by atoms with E-state index in [-0.39, 0.29) is 5.91 Å². The molecule has 0 saturated carbocycles. The van der Waals surface area contributed by atoms with E-state index < -0.39 is 0 Å². The van der Waals surface area contributed by atoms with Crippen molar-refractivity contribution in [3.8, 4) is 11.5 Å². The van der Waals surface area contributed by atoms with Gasteiger partial charge in [0.15, 0.2) is 11.5 Å². The van der Waals surface area contributed by atoms with Gasteiger partial charge >= 0.3 is 0 Å². The molecule has 1 N–H and O–H groups in total. The van der Waals surface area contributed by atoms with E-state index in [1.807, 2.05) is 18.3 Å². The number of nitrogens with one attached hydrogen (secondary N) is 1. The van der Waals surface area contributed by atoms with E-state index in [1.165, 1.54) is 32.8 Å². The number of pyridine rings is 1. The quantitative estimate of drug-likeness (QED) is 0.845. The second-order valence-corrected chi connectivity index (χ2v) is 6.65. The van der Waals surface area contributed by atoms with Gasteiger partial charge in [-0.1, -0.05) is 25.0 Å². The molecule has 6 nitrogen and oxygen atoms in total. The predicted molar refractivity (Wildman–Crippen MR) is 106 cm³/mol. The Morgan fingerprint density at radius 1 is 1.07 bits per heavy atom. The molecule has 1 aliphatic heterocycles. The summed E-state index contributed by atoms with van der Waals surface area (Å²) in [4.78, 5) is 19.5. The van der Waals surface area contributed by atoms with Crippen molar-refractivity contribution in [1.82, 2.24) is 10.3 Å². The second-order valence-electron chi connectivity index (χ2n) is 6.65. The summed E-state index contributed by atoms with van der Waals surface area (Å²) in [6, 6.07) is 9.32. The Bertz CT molecular complexity index is 754. The van der Waals surface area contributed by atoms with Gasteiger partial charge in [-0.05, 0) is 36.6 Å². The Labute approximate surface area is 160 Å². The first-order valence-corrected chi connectivity index (χ1v) is 9.42. The summed E-state index contributed by atoms with van der Waals surface area (Å²) in [5, 5.41) is 2.92. The highest BCUT2D eigenvalue weighted by atomic mass is 16.5. The van der Waals surface area contributed by atoms with Crippen LogP contribution in [-0.2, 0) is 6.54 Å². The number of hydrogen-bond acceptors (Lipinski definition) is 5. The Balaban J connectivity index is 1.62. The maximum Gasteiger partial charge on any atom is 0.255 e. The number of carbonyl (C=O) groups is 1. The van der Waals surface area contributed by atoms with Crippen molar-refractivity contribution in [2.75, 3.05) is 32.2 Å². The third kappa shape index (κ3) is 4.70. The number of amides is 1. The summed E-state index contributed by atoms with van der Waals surface area (Å²) in [7, 11) is 3.08. The van der Waals surface area contributed by atoms with Gasteiger partial charge in [-0.15, -0.1) is 0 Å². The number of methoxy groups -OCH3 is 2. The summed E-state index contributed by atoms with van der Waals surface area (Å²) < 4.78 is 10.6. The van der Waals surface area contributed by atoms with Gasteiger partial charge in [-0.3, -0.25) is 4.79 Å². The largest absolute Gasteiger partial charge is 0.493 e. The van der Waals surface area contributed by atoms with Crippen molar-refractivity contribution in [2.24, 2.45) is 0 Å². The van der Waals surface area contributed by atoms with Crippen molar-refractivity contribution in [2.45, 2.75) is 32.2 Å². The molecule has 1 fully saturated rings. The average Bonchev–Trinajstić information content (AvgIpc) is 3.01. The minimum Gasteiger partial charge on any atom is -0.493 e. The number of carbonyl (C=O) groups excluding carboxylic acids is 1. The molecule has 1 aromatic carbocycles. The Kier molecular flexibility index (Phi) is 6.52. The van der Waals surface area contributed by atoms with Gasteiger partial charge in [0.2, 0.25) is 0 Å². The molecule has 0 unspecified atom stereocenters. The number of ether oxygens (including phenoxy) is 2. The second kappa shape index (κ2) is 9.26. The van der Waals surface area contributed by atoms with Crippen LogP contribution in [0.25, 0.3) is 0 Å². The van der Waals surface area contributed by atoms with Gasteiger partial charge in [0.05, 0.1) is 19.8 Å². The molecule has 144 valence electrons. The monoisotopic (exact) mass is 369 g/mol. The van der Waals surface area contributed by atoms with Gasteiger partial charge in [0.25, 0.3) is 5.91 Å². The van der Waals surface area contributed by atoms with E-state index in [0.29, 0.717) is 23.6 Å². The zero-order chi connectivity index (χ0) is 19.1. The minimum absolute atomic E-state index is 0.206. The summed E-state index contributed by atoms with van der Waals surface area (Å²) in [6.45, 7) is 2.55.